The van der Waals surface area contributed by atoms with Crippen LogP contribution < -0.4 is 10.6 Å². The molecule has 0 spiro atoms. The van der Waals surface area contributed by atoms with Crippen molar-refractivity contribution in [1.82, 2.24) is 10.6 Å². The van der Waals surface area contributed by atoms with E-state index in [0.29, 0.717) is 19.0 Å². The first kappa shape index (κ1) is 22.5. The molecule has 0 bridgehead atoms. The number of amides is 2. The molecule has 0 saturated carbocycles. The minimum atomic E-state index is -0.152. The van der Waals surface area contributed by atoms with Crippen LogP contribution in [0.4, 0.5) is 4.79 Å². The summed E-state index contributed by atoms with van der Waals surface area (Å²) in [4.78, 5) is 11.4. The smallest absolute Gasteiger partial charge is 0.315 e. The second-order valence-electron chi connectivity index (χ2n) is 5.94. The van der Waals surface area contributed by atoms with E-state index in [0.717, 1.165) is 31.3 Å². The summed E-state index contributed by atoms with van der Waals surface area (Å²) in [7, 11) is 3.66. The number of carbonyl (C=O) groups is 1. The Hall–Kier alpha value is -0.510. The summed E-state index contributed by atoms with van der Waals surface area (Å²) in [5.74, 6) is 8.96. The van der Waals surface area contributed by atoms with E-state index in [1.165, 1.54) is 12.2 Å². The van der Waals surface area contributed by atoms with E-state index < -0.39 is 0 Å². The largest absolute Gasteiger partial charge is 0.370 e. The second-order valence-corrected chi connectivity index (χ2v) is 8.47. The molecule has 6 heteroatoms. The van der Waals surface area contributed by atoms with Gasteiger partial charge >= 0.3 is 6.03 Å². The van der Waals surface area contributed by atoms with Gasteiger partial charge in [0.25, 0.3) is 0 Å². The molecule has 4 nitrogen and oxygen atoms in total. The summed E-state index contributed by atoms with van der Waals surface area (Å²) in [5.41, 5.74) is 0. The van der Waals surface area contributed by atoms with Crippen LogP contribution in [0.1, 0.15) is 47.0 Å². The van der Waals surface area contributed by atoms with Gasteiger partial charge in [-0.1, -0.05) is 61.1 Å². The maximum absolute atomic E-state index is 11.4. The molecule has 0 radical (unpaired) electrons. The number of hydrogen-bond acceptors (Lipinski definition) is 4. The van der Waals surface area contributed by atoms with Crippen LogP contribution in [0.2, 0.25) is 0 Å². The van der Waals surface area contributed by atoms with Gasteiger partial charge in [-0.05, 0) is 25.2 Å². The molecule has 134 valence electrons. The first-order valence-corrected chi connectivity index (χ1v) is 10.8. The van der Waals surface area contributed by atoms with Crippen molar-refractivity contribution >= 4 is 27.6 Å². The van der Waals surface area contributed by atoms with Crippen LogP contribution in [0.15, 0.2) is 0 Å². The van der Waals surface area contributed by atoms with Crippen LogP contribution in [0, 0.1) is 23.7 Å². The Labute approximate surface area is 150 Å². The monoisotopic (exact) mass is 360 g/mol. The van der Waals surface area contributed by atoms with Gasteiger partial charge in [-0.25, -0.2) is 4.79 Å². The van der Waals surface area contributed by atoms with E-state index >= 15 is 0 Å². The molecule has 23 heavy (non-hydrogen) atoms. The fourth-order valence-electron chi connectivity index (χ4n) is 1.44. The number of ether oxygens (including phenoxy) is 1. The summed E-state index contributed by atoms with van der Waals surface area (Å²) in [6, 6.07) is -0.152. The minimum Gasteiger partial charge on any atom is -0.370 e. The van der Waals surface area contributed by atoms with Crippen molar-refractivity contribution in [2.75, 3.05) is 31.4 Å². The Kier molecular flexibility index (Phi) is 16.0. The Morgan fingerprint density at radius 2 is 1.91 bits per heavy atom. The van der Waals surface area contributed by atoms with Gasteiger partial charge in [0.05, 0.1) is 6.54 Å². The average molecular weight is 361 g/mol. The molecule has 0 aromatic carbocycles. The number of urea groups is 1. The van der Waals surface area contributed by atoms with Crippen LogP contribution in [-0.2, 0) is 4.74 Å². The summed E-state index contributed by atoms with van der Waals surface area (Å²) in [6.45, 7) is 10.4. The lowest BCUT2D eigenvalue weighted by Gasteiger charge is -2.06. The zero-order valence-electron chi connectivity index (χ0n) is 14.9. The summed E-state index contributed by atoms with van der Waals surface area (Å²) >= 11 is 0. The molecule has 2 amide bonds. The topological polar surface area (TPSA) is 50.4 Å². The van der Waals surface area contributed by atoms with E-state index in [9.17, 15) is 4.79 Å². The highest BCUT2D eigenvalue weighted by molar-refractivity contribution is 8.76. The van der Waals surface area contributed by atoms with Gasteiger partial charge in [-0.2, -0.15) is 0 Å². The van der Waals surface area contributed by atoms with E-state index in [-0.39, 0.29) is 6.03 Å². The molecule has 0 fully saturated rings. The molecule has 0 saturated heterocycles. The molecule has 0 aromatic heterocycles. The van der Waals surface area contributed by atoms with Crippen molar-refractivity contribution in [3.8, 4) is 11.8 Å². The predicted molar refractivity (Wildman–Crippen MR) is 104 cm³/mol. The van der Waals surface area contributed by atoms with Crippen LogP contribution in [0.3, 0.4) is 0 Å². The number of unbranched alkanes of at least 4 members (excludes halogenated alkanes) is 1. The van der Waals surface area contributed by atoms with Crippen LogP contribution in [-0.4, -0.2) is 37.4 Å². The van der Waals surface area contributed by atoms with Gasteiger partial charge in [0, 0.05) is 24.8 Å². The standard InChI is InChI=1S/C17H32N2O2S2/c1-15(2)8-7-11-19-17(20)18-10-5-6-12-21-14-23-22-13-9-16(3)4/h15-16H,5-6,9-14H2,1-4H3,(H2,18,19,20). The zero-order chi connectivity index (χ0) is 17.3. The lowest BCUT2D eigenvalue weighted by atomic mass is 10.2. The fraction of sp³-hybridized carbons (Fsp3) is 0.824. The van der Waals surface area contributed by atoms with Crippen molar-refractivity contribution in [2.24, 2.45) is 11.8 Å². The van der Waals surface area contributed by atoms with Gasteiger partial charge in [-0.3, -0.25) is 0 Å². The molecule has 0 heterocycles. The fourth-order valence-corrected chi connectivity index (χ4v) is 3.43. The first-order valence-electron chi connectivity index (χ1n) is 8.34. The predicted octanol–water partition coefficient (Wildman–Crippen LogP) is 4.13. The molecule has 0 aliphatic heterocycles. The molecule has 0 aliphatic carbocycles. The lowest BCUT2D eigenvalue weighted by molar-refractivity contribution is 0.178. The Morgan fingerprint density at radius 1 is 1.13 bits per heavy atom. The normalized spacial score (nSPS) is 10.5. The van der Waals surface area contributed by atoms with Gasteiger partial charge in [-0.15, -0.1) is 0 Å². The molecule has 2 N–H and O–H groups in total. The minimum absolute atomic E-state index is 0.152. The number of hydrogen-bond donors (Lipinski definition) is 2. The second kappa shape index (κ2) is 16.4. The zero-order valence-corrected chi connectivity index (χ0v) is 16.6. The van der Waals surface area contributed by atoms with Crippen LogP contribution >= 0.6 is 21.6 Å². The summed E-state index contributed by atoms with van der Waals surface area (Å²) in [5, 5.41) is 5.53. The van der Waals surface area contributed by atoms with Crippen LogP contribution in [0.25, 0.3) is 0 Å². The summed E-state index contributed by atoms with van der Waals surface area (Å²) < 4.78 is 5.55. The first-order chi connectivity index (χ1) is 11.0. The molecule has 0 unspecified atom stereocenters. The van der Waals surface area contributed by atoms with Gasteiger partial charge in [0.1, 0.15) is 5.94 Å². The maximum Gasteiger partial charge on any atom is 0.315 e. The molecule has 0 aliphatic rings. The van der Waals surface area contributed by atoms with E-state index in [4.69, 9.17) is 4.74 Å². The van der Waals surface area contributed by atoms with Crippen molar-refractivity contribution < 1.29 is 9.53 Å². The molecule has 0 aromatic rings. The number of carbonyl (C=O) groups excluding carboxylic acids is 1. The van der Waals surface area contributed by atoms with E-state index in [1.807, 2.05) is 24.6 Å². The molecule has 0 atom stereocenters. The van der Waals surface area contributed by atoms with Crippen LogP contribution in [0.5, 0.6) is 0 Å². The highest BCUT2D eigenvalue weighted by Crippen LogP contribution is 2.23. The quantitative estimate of drug-likeness (QED) is 0.238. The van der Waals surface area contributed by atoms with Crippen molar-refractivity contribution in [2.45, 2.75) is 47.0 Å². The number of nitrogens with one attached hydrogen (secondary N) is 2. The molecular formula is C17H32N2O2S2. The third-order valence-electron chi connectivity index (χ3n) is 2.72. The third-order valence-corrected chi connectivity index (χ3v) is 4.84. The maximum atomic E-state index is 11.4. The van der Waals surface area contributed by atoms with Crippen molar-refractivity contribution in [3.05, 3.63) is 0 Å². The third kappa shape index (κ3) is 19.4. The van der Waals surface area contributed by atoms with Crippen molar-refractivity contribution in [1.29, 1.82) is 0 Å². The van der Waals surface area contributed by atoms with Gasteiger partial charge in [0.2, 0.25) is 0 Å². The number of rotatable bonds is 12. The summed E-state index contributed by atoms with van der Waals surface area (Å²) in [6.07, 6.45) is 3.15. The molecular weight excluding hydrogens is 328 g/mol. The molecule has 0 rings (SSSR count). The Balaban J connectivity index is 3.24. The van der Waals surface area contributed by atoms with E-state index in [1.54, 1.807) is 10.8 Å². The lowest BCUT2D eigenvalue weighted by Crippen LogP contribution is -2.36. The Bertz CT molecular complexity index is 352. The van der Waals surface area contributed by atoms with E-state index in [2.05, 4.69) is 36.3 Å². The van der Waals surface area contributed by atoms with Crippen molar-refractivity contribution in [3.63, 3.8) is 0 Å². The Morgan fingerprint density at radius 3 is 2.61 bits per heavy atom. The SMILES string of the molecule is CC(C)C#CCNC(=O)NCCCCOCSSCCC(C)C. The van der Waals surface area contributed by atoms with Gasteiger partial charge < -0.3 is 15.4 Å². The highest BCUT2D eigenvalue weighted by atomic mass is 33.1. The van der Waals surface area contributed by atoms with Gasteiger partial charge in [0.15, 0.2) is 0 Å². The average Bonchev–Trinajstić information content (AvgIpc) is 2.48. The highest BCUT2D eigenvalue weighted by Gasteiger charge is 1.98.